The fraction of sp³-hybridized carbons (Fsp3) is 0.533. The van der Waals surface area contributed by atoms with Gasteiger partial charge >= 0.3 is 0 Å². The number of halogens is 1. The van der Waals surface area contributed by atoms with Crippen LogP contribution >= 0.6 is 11.8 Å². The van der Waals surface area contributed by atoms with Crippen molar-refractivity contribution >= 4 is 16.9 Å². The molecule has 1 aromatic carbocycles. The molecule has 0 fully saturated rings. The van der Waals surface area contributed by atoms with Crippen LogP contribution in [0.5, 0.6) is 0 Å². The van der Waals surface area contributed by atoms with Crippen molar-refractivity contribution in [2.45, 2.75) is 33.2 Å². The average molecular weight is 280 g/mol. The quantitative estimate of drug-likeness (QED) is 0.906. The summed E-state index contributed by atoms with van der Waals surface area (Å²) in [7, 11) is 0. The van der Waals surface area contributed by atoms with Crippen LogP contribution in [0.25, 0.3) is 0 Å². The van der Waals surface area contributed by atoms with Gasteiger partial charge in [0.2, 0.25) is 0 Å². The minimum Gasteiger partial charge on any atom is -0.361 e. The summed E-state index contributed by atoms with van der Waals surface area (Å²) in [4.78, 5) is 4.64. The average Bonchev–Trinajstić information content (AvgIpc) is 2.46. The molecule has 0 unspecified atom stereocenters. The Bertz CT molecular complexity index is 455. The van der Waals surface area contributed by atoms with Crippen LogP contribution in [0.15, 0.2) is 29.3 Å². The zero-order valence-corrected chi connectivity index (χ0v) is 12.4. The highest BCUT2D eigenvalue weighted by molar-refractivity contribution is 8.13. The van der Waals surface area contributed by atoms with E-state index < -0.39 is 0 Å². The number of nitrogens with one attached hydrogen (secondary N) is 1. The maximum atomic E-state index is 13.1. The molecule has 4 heteroatoms. The van der Waals surface area contributed by atoms with Crippen LogP contribution in [0.4, 0.5) is 4.39 Å². The Morgan fingerprint density at radius 2 is 2.16 bits per heavy atom. The summed E-state index contributed by atoms with van der Waals surface area (Å²) >= 11 is 1.79. The van der Waals surface area contributed by atoms with Gasteiger partial charge in [-0.2, -0.15) is 0 Å². The number of aliphatic imine (C=N–C) groups is 1. The van der Waals surface area contributed by atoms with E-state index in [9.17, 15) is 4.39 Å². The van der Waals surface area contributed by atoms with Gasteiger partial charge in [0.25, 0.3) is 0 Å². The van der Waals surface area contributed by atoms with Gasteiger partial charge < -0.3 is 5.32 Å². The predicted molar refractivity (Wildman–Crippen MR) is 81.0 cm³/mol. The second kappa shape index (κ2) is 6.42. The molecule has 0 radical (unpaired) electrons. The number of benzene rings is 1. The van der Waals surface area contributed by atoms with Crippen molar-refractivity contribution in [2.24, 2.45) is 10.4 Å². The van der Waals surface area contributed by atoms with Gasteiger partial charge in [-0.15, -0.1) is 0 Å². The number of rotatable bonds is 4. The van der Waals surface area contributed by atoms with Crippen LogP contribution in [0.2, 0.25) is 0 Å². The first-order valence-corrected chi connectivity index (χ1v) is 7.81. The molecule has 104 valence electrons. The van der Waals surface area contributed by atoms with Crippen molar-refractivity contribution in [1.82, 2.24) is 5.32 Å². The van der Waals surface area contributed by atoms with E-state index in [-0.39, 0.29) is 5.82 Å². The molecule has 1 aliphatic heterocycles. The van der Waals surface area contributed by atoms with E-state index in [0.717, 1.165) is 23.0 Å². The topological polar surface area (TPSA) is 24.4 Å². The van der Waals surface area contributed by atoms with Gasteiger partial charge in [0, 0.05) is 18.8 Å². The highest BCUT2D eigenvalue weighted by Crippen LogP contribution is 2.34. The lowest BCUT2D eigenvalue weighted by molar-refractivity contribution is 0.318. The van der Waals surface area contributed by atoms with Crippen molar-refractivity contribution in [1.29, 1.82) is 0 Å². The highest BCUT2D eigenvalue weighted by Gasteiger charge is 2.29. The van der Waals surface area contributed by atoms with Crippen molar-refractivity contribution in [3.05, 3.63) is 35.6 Å². The number of thioether (sulfide) groups is 1. The lowest BCUT2D eigenvalue weighted by atomic mass is 9.84. The molecule has 0 bridgehead atoms. The summed E-state index contributed by atoms with van der Waals surface area (Å²) in [6, 6.07) is 6.69. The molecular weight excluding hydrogens is 259 g/mol. The molecule has 0 atom stereocenters. The van der Waals surface area contributed by atoms with Gasteiger partial charge in [-0.3, -0.25) is 4.99 Å². The Balaban J connectivity index is 1.90. The Hall–Kier alpha value is -1.03. The van der Waals surface area contributed by atoms with Gasteiger partial charge in [0.05, 0.1) is 0 Å². The van der Waals surface area contributed by atoms with E-state index in [1.807, 2.05) is 6.07 Å². The lowest BCUT2D eigenvalue weighted by Crippen LogP contribution is -2.34. The minimum atomic E-state index is -0.187. The van der Waals surface area contributed by atoms with Crippen LogP contribution in [0, 0.1) is 11.2 Å². The van der Waals surface area contributed by atoms with Crippen molar-refractivity contribution in [3.8, 4) is 0 Å². The first-order chi connectivity index (χ1) is 9.17. The normalized spacial score (nSPS) is 17.9. The van der Waals surface area contributed by atoms with E-state index in [0.29, 0.717) is 12.0 Å². The fourth-order valence-electron chi connectivity index (χ4n) is 2.16. The molecule has 1 aromatic rings. The van der Waals surface area contributed by atoms with Gasteiger partial charge in [-0.25, -0.2) is 4.39 Å². The maximum absolute atomic E-state index is 13.1. The summed E-state index contributed by atoms with van der Waals surface area (Å²) in [5.74, 6) is 0.933. The molecule has 2 nitrogen and oxygen atoms in total. The molecule has 19 heavy (non-hydrogen) atoms. The third kappa shape index (κ3) is 3.72. The molecular formula is C15H21FN2S. The van der Waals surface area contributed by atoms with Crippen LogP contribution in [-0.4, -0.2) is 17.5 Å². The summed E-state index contributed by atoms with van der Waals surface area (Å²) in [6.07, 6.45) is 2.36. The van der Waals surface area contributed by atoms with Crippen LogP contribution in [-0.2, 0) is 6.54 Å². The molecule has 2 rings (SSSR count). The van der Waals surface area contributed by atoms with E-state index in [1.165, 1.54) is 18.9 Å². The standard InChI is InChI=1S/C15H21FN2S/c1-3-15(4-2)10-18-14(19-11-15)17-9-12-6-5-7-13(16)8-12/h5-8H,3-4,9-11H2,1-2H3,(H,17,18). The molecule has 0 saturated heterocycles. The number of hydrogen-bond donors (Lipinski definition) is 1. The molecule has 1 aliphatic rings. The smallest absolute Gasteiger partial charge is 0.156 e. The molecule has 0 amide bonds. The van der Waals surface area contributed by atoms with Gasteiger partial charge in [0.15, 0.2) is 5.17 Å². The molecule has 0 aromatic heterocycles. The van der Waals surface area contributed by atoms with Crippen LogP contribution in [0.1, 0.15) is 32.3 Å². The van der Waals surface area contributed by atoms with Crippen molar-refractivity contribution < 1.29 is 4.39 Å². The molecule has 0 saturated carbocycles. The largest absolute Gasteiger partial charge is 0.361 e. The van der Waals surface area contributed by atoms with E-state index in [2.05, 4.69) is 24.2 Å². The zero-order valence-electron chi connectivity index (χ0n) is 11.6. The Kier molecular flexibility index (Phi) is 4.86. The lowest BCUT2D eigenvalue weighted by Gasteiger charge is -2.33. The number of hydrogen-bond acceptors (Lipinski definition) is 3. The van der Waals surface area contributed by atoms with Gasteiger partial charge in [0.1, 0.15) is 5.82 Å². The molecule has 0 spiro atoms. The van der Waals surface area contributed by atoms with Crippen molar-refractivity contribution in [2.75, 3.05) is 12.3 Å². The maximum Gasteiger partial charge on any atom is 0.156 e. The van der Waals surface area contributed by atoms with Crippen LogP contribution < -0.4 is 5.32 Å². The van der Waals surface area contributed by atoms with E-state index >= 15 is 0 Å². The summed E-state index contributed by atoms with van der Waals surface area (Å²) in [5, 5.41) is 4.29. The summed E-state index contributed by atoms with van der Waals surface area (Å²) in [5.41, 5.74) is 1.32. The fourth-order valence-corrected chi connectivity index (χ4v) is 3.43. The minimum absolute atomic E-state index is 0.187. The van der Waals surface area contributed by atoms with E-state index in [1.54, 1.807) is 23.9 Å². The monoisotopic (exact) mass is 280 g/mol. The molecule has 1 heterocycles. The van der Waals surface area contributed by atoms with Crippen molar-refractivity contribution in [3.63, 3.8) is 0 Å². The number of nitrogens with zero attached hydrogens (tertiary/aromatic N) is 1. The van der Waals surface area contributed by atoms with Crippen LogP contribution in [0.3, 0.4) is 0 Å². The Morgan fingerprint density at radius 3 is 2.74 bits per heavy atom. The first-order valence-electron chi connectivity index (χ1n) is 6.83. The Morgan fingerprint density at radius 1 is 1.37 bits per heavy atom. The van der Waals surface area contributed by atoms with E-state index in [4.69, 9.17) is 0 Å². The molecule has 0 aliphatic carbocycles. The second-order valence-electron chi connectivity index (χ2n) is 5.10. The zero-order chi connectivity index (χ0) is 13.7. The third-order valence-corrected chi connectivity index (χ3v) is 5.21. The highest BCUT2D eigenvalue weighted by atomic mass is 32.2. The second-order valence-corrected chi connectivity index (χ2v) is 6.06. The van der Waals surface area contributed by atoms with Gasteiger partial charge in [-0.05, 0) is 36.0 Å². The first kappa shape index (κ1) is 14.4. The predicted octanol–water partition coefficient (Wildman–Crippen LogP) is 3.82. The summed E-state index contributed by atoms with van der Waals surface area (Å²) in [6.45, 7) is 6.02. The van der Waals surface area contributed by atoms with Gasteiger partial charge in [-0.1, -0.05) is 37.7 Å². The Labute approximate surface area is 118 Å². The molecule has 1 N–H and O–H groups in total. The third-order valence-electron chi connectivity index (χ3n) is 3.91. The number of amidine groups is 1. The SMILES string of the molecule is CCC1(CC)CN=C(NCc2cccc(F)c2)SC1. The summed E-state index contributed by atoms with van der Waals surface area (Å²) < 4.78 is 13.1.